The highest BCUT2D eigenvalue weighted by Gasteiger charge is 2.25. The maximum absolute atomic E-state index is 13.2. The number of aromatic carboxylic acids is 1. The number of aromatic nitrogens is 1. The minimum absolute atomic E-state index is 0.00338. The molecule has 2 heterocycles. The molecule has 1 aliphatic heterocycles. The third-order valence-electron chi connectivity index (χ3n) is 7.69. The molecule has 0 aliphatic carbocycles. The van der Waals surface area contributed by atoms with E-state index in [-0.39, 0.29) is 23.2 Å². The Bertz CT molecular complexity index is 1850. The lowest BCUT2D eigenvalue weighted by atomic mass is 9.92. The van der Waals surface area contributed by atoms with Crippen molar-refractivity contribution < 1.29 is 19.6 Å². The summed E-state index contributed by atoms with van der Waals surface area (Å²) in [4.78, 5) is 35.6. The van der Waals surface area contributed by atoms with E-state index in [1.807, 2.05) is 44.2 Å². The molecule has 4 aromatic carbocycles. The average Bonchev–Trinajstić information content (AvgIpc) is 3.13. The standard InChI is InChI=1S/C32H25N3O5/c1-18-27-15-21(31(36)33-19(2)20-7-11-24(12-8-20)35(39)40)10-14-29(27)34-17-23-5-3-4-6-25(23)26-13-9-22(32(37)38)16-28(26)30(18)34/h3-16,19H,17H2,1-2H3,(H,33,36)(H,37,38)/t19-/m0/s1. The largest absolute Gasteiger partial charge is 0.478 e. The number of carbonyl (C=O) groups is 2. The summed E-state index contributed by atoms with van der Waals surface area (Å²) >= 11 is 0. The van der Waals surface area contributed by atoms with Gasteiger partial charge in [0, 0.05) is 40.7 Å². The van der Waals surface area contributed by atoms with Crippen molar-refractivity contribution in [3.05, 3.63) is 123 Å². The van der Waals surface area contributed by atoms with Gasteiger partial charge in [-0.1, -0.05) is 42.5 Å². The predicted molar refractivity (Wildman–Crippen MR) is 153 cm³/mol. The van der Waals surface area contributed by atoms with Crippen LogP contribution in [0.4, 0.5) is 5.69 Å². The Morgan fingerprint density at radius 2 is 1.65 bits per heavy atom. The van der Waals surface area contributed by atoms with Crippen molar-refractivity contribution in [3.63, 3.8) is 0 Å². The summed E-state index contributed by atoms with van der Waals surface area (Å²) in [6.45, 7) is 4.44. The van der Waals surface area contributed by atoms with E-state index in [1.54, 1.807) is 30.3 Å². The number of non-ortho nitro benzene ring substituents is 1. The third-order valence-corrected chi connectivity index (χ3v) is 7.69. The van der Waals surface area contributed by atoms with Crippen LogP contribution in [0.15, 0.2) is 84.9 Å². The van der Waals surface area contributed by atoms with Crippen LogP contribution in [0.5, 0.6) is 0 Å². The number of rotatable bonds is 5. The molecule has 1 aromatic heterocycles. The van der Waals surface area contributed by atoms with Gasteiger partial charge in [-0.15, -0.1) is 0 Å². The molecule has 40 heavy (non-hydrogen) atoms. The van der Waals surface area contributed by atoms with Crippen molar-refractivity contribution in [1.29, 1.82) is 0 Å². The predicted octanol–water partition coefficient (Wildman–Crippen LogP) is 6.74. The van der Waals surface area contributed by atoms with Gasteiger partial charge in [0.2, 0.25) is 0 Å². The smallest absolute Gasteiger partial charge is 0.335 e. The average molecular weight is 532 g/mol. The molecule has 0 spiro atoms. The van der Waals surface area contributed by atoms with E-state index in [9.17, 15) is 24.8 Å². The number of hydrogen-bond acceptors (Lipinski definition) is 4. The van der Waals surface area contributed by atoms with Crippen molar-refractivity contribution in [2.24, 2.45) is 0 Å². The van der Waals surface area contributed by atoms with E-state index in [4.69, 9.17) is 0 Å². The van der Waals surface area contributed by atoms with E-state index in [0.29, 0.717) is 12.1 Å². The molecule has 0 radical (unpaired) electrons. The number of carbonyl (C=O) groups excluding carboxylic acids is 1. The van der Waals surface area contributed by atoms with Crippen LogP contribution < -0.4 is 5.32 Å². The number of benzene rings is 4. The number of nitro groups is 1. The zero-order valence-electron chi connectivity index (χ0n) is 21.8. The molecule has 1 amide bonds. The maximum atomic E-state index is 13.2. The molecule has 1 aliphatic rings. The van der Waals surface area contributed by atoms with Gasteiger partial charge in [-0.25, -0.2) is 4.79 Å². The molecule has 8 nitrogen and oxygen atoms in total. The minimum atomic E-state index is -0.984. The van der Waals surface area contributed by atoms with Crippen molar-refractivity contribution in [3.8, 4) is 22.4 Å². The number of carboxylic acid groups (broad SMARTS) is 1. The molecule has 0 unspecified atom stereocenters. The van der Waals surface area contributed by atoms with Crippen molar-refractivity contribution in [2.45, 2.75) is 26.4 Å². The van der Waals surface area contributed by atoms with Gasteiger partial charge in [0.15, 0.2) is 0 Å². The van der Waals surface area contributed by atoms with Gasteiger partial charge < -0.3 is 15.0 Å². The van der Waals surface area contributed by atoms with E-state index < -0.39 is 10.9 Å². The summed E-state index contributed by atoms with van der Waals surface area (Å²) < 4.78 is 2.20. The molecular weight excluding hydrogens is 506 g/mol. The Hall–Kier alpha value is -5.24. The normalized spacial score (nSPS) is 12.6. The minimum Gasteiger partial charge on any atom is -0.478 e. The summed E-state index contributed by atoms with van der Waals surface area (Å²) in [6, 6.07) is 24.8. The third kappa shape index (κ3) is 4.10. The van der Waals surface area contributed by atoms with E-state index >= 15 is 0 Å². The second-order valence-corrected chi connectivity index (χ2v) is 10.1. The van der Waals surface area contributed by atoms with E-state index in [0.717, 1.165) is 50.0 Å². The van der Waals surface area contributed by atoms with Crippen molar-refractivity contribution >= 4 is 28.5 Å². The Labute approximate surface area is 229 Å². The fourth-order valence-corrected chi connectivity index (χ4v) is 5.62. The fraction of sp³-hybridized carbons (Fsp3) is 0.125. The number of amides is 1. The van der Waals surface area contributed by atoms with Gasteiger partial charge in [0.1, 0.15) is 0 Å². The number of nitro benzene ring substituents is 1. The SMILES string of the molecule is Cc1c2n(c3ccc(C(=O)N[C@@H](C)c4ccc([N+](=O)[O-])cc4)cc13)Cc1ccccc1-c1ccc(C(=O)O)cc1-2. The first-order valence-corrected chi connectivity index (χ1v) is 12.9. The van der Waals surface area contributed by atoms with Gasteiger partial charge in [0.25, 0.3) is 11.6 Å². The van der Waals surface area contributed by atoms with Crippen LogP contribution in [0.2, 0.25) is 0 Å². The summed E-state index contributed by atoms with van der Waals surface area (Å²) in [5.74, 6) is -1.24. The lowest BCUT2D eigenvalue weighted by molar-refractivity contribution is -0.384. The highest BCUT2D eigenvalue weighted by Crippen LogP contribution is 2.43. The molecule has 6 rings (SSSR count). The Morgan fingerprint density at radius 3 is 2.38 bits per heavy atom. The number of nitrogens with zero attached hydrogens (tertiary/aromatic N) is 2. The van der Waals surface area contributed by atoms with Gasteiger partial charge in [0.05, 0.1) is 22.2 Å². The Balaban J connectivity index is 1.42. The molecule has 0 saturated carbocycles. The molecule has 2 N–H and O–H groups in total. The van der Waals surface area contributed by atoms with Crippen LogP contribution >= 0.6 is 0 Å². The summed E-state index contributed by atoms with van der Waals surface area (Å²) in [5, 5.41) is 24.6. The molecule has 1 atom stereocenters. The highest BCUT2D eigenvalue weighted by atomic mass is 16.6. The monoisotopic (exact) mass is 531 g/mol. The van der Waals surface area contributed by atoms with Crippen LogP contribution in [0.25, 0.3) is 33.3 Å². The zero-order valence-corrected chi connectivity index (χ0v) is 21.8. The van der Waals surface area contributed by atoms with Crippen LogP contribution in [-0.4, -0.2) is 26.5 Å². The second kappa shape index (κ2) is 9.50. The molecule has 0 saturated heterocycles. The first-order chi connectivity index (χ1) is 19.2. The van der Waals surface area contributed by atoms with Crippen LogP contribution in [0.3, 0.4) is 0 Å². The number of nitrogens with one attached hydrogen (secondary N) is 1. The van der Waals surface area contributed by atoms with Gasteiger partial charge in [-0.2, -0.15) is 0 Å². The first kappa shape index (κ1) is 25.1. The van der Waals surface area contributed by atoms with E-state index in [1.165, 1.54) is 12.1 Å². The van der Waals surface area contributed by atoms with Crippen molar-refractivity contribution in [2.75, 3.05) is 0 Å². The Kier molecular flexibility index (Phi) is 5.95. The number of fused-ring (bicyclic) bond motifs is 7. The van der Waals surface area contributed by atoms with Crippen LogP contribution in [-0.2, 0) is 6.54 Å². The number of aryl methyl sites for hydroxylation is 1. The fourth-order valence-electron chi connectivity index (χ4n) is 5.62. The highest BCUT2D eigenvalue weighted by molar-refractivity contribution is 6.03. The number of carboxylic acids is 1. The van der Waals surface area contributed by atoms with Crippen LogP contribution in [0, 0.1) is 17.0 Å². The van der Waals surface area contributed by atoms with Gasteiger partial charge in [-0.3, -0.25) is 14.9 Å². The molecule has 198 valence electrons. The Morgan fingerprint density at radius 1 is 0.925 bits per heavy atom. The summed E-state index contributed by atoms with van der Waals surface area (Å²) in [5.41, 5.74) is 8.33. The maximum Gasteiger partial charge on any atom is 0.335 e. The summed E-state index contributed by atoms with van der Waals surface area (Å²) in [7, 11) is 0. The lowest BCUT2D eigenvalue weighted by Crippen LogP contribution is -2.26. The molecule has 0 bridgehead atoms. The van der Waals surface area contributed by atoms with Crippen molar-refractivity contribution in [1.82, 2.24) is 9.88 Å². The van der Waals surface area contributed by atoms with Crippen LogP contribution in [0.1, 0.15) is 50.4 Å². The lowest BCUT2D eigenvalue weighted by Gasteiger charge is -2.14. The molecular formula is C32H25N3O5. The summed E-state index contributed by atoms with van der Waals surface area (Å²) in [6.07, 6.45) is 0. The molecule has 0 fully saturated rings. The first-order valence-electron chi connectivity index (χ1n) is 12.9. The molecule has 8 heteroatoms. The quantitative estimate of drug-likeness (QED) is 0.189. The van der Waals surface area contributed by atoms with E-state index in [2.05, 4.69) is 22.0 Å². The molecule has 5 aromatic rings. The topological polar surface area (TPSA) is 114 Å². The second-order valence-electron chi connectivity index (χ2n) is 10.1. The van der Waals surface area contributed by atoms with Gasteiger partial charge >= 0.3 is 5.97 Å². The number of hydrogen-bond donors (Lipinski definition) is 2. The van der Waals surface area contributed by atoms with Gasteiger partial charge in [-0.05, 0) is 72.0 Å². The zero-order chi connectivity index (χ0) is 28.1.